The van der Waals surface area contributed by atoms with E-state index in [0.29, 0.717) is 0 Å². The second-order valence-electron chi connectivity index (χ2n) is 4.40. The van der Waals surface area contributed by atoms with Crippen molar-refractivity contribution in [2.75, 3.05) is 0 Å². The zero-order valence-electron chi connectivity index (χ0n) is 15.1. The monoisotopic (exact) mass is 444 g/mol. The summed E-state index contributed by atoms with van der Waals surface area (Å²) in [4.78, 5) is 24.0. The quantitative estimate of drug-likeness (QED) is 0.626. The van der Waals surface area contributed by atoms with Gasteiger partial charge in [-0.15, -0.1) is 0 Å². The van der Waals surface area contributed by atoms with Crippen molar-refractivity contribution in [2.24, 2.45) is 0 Å². The standard InChI is InChI=1S/C18H15P.3CH2O.Co.H2O.O/c1-4-10-16(11-5-1)19(17-12-6-2-7-13-17)18-14-8-3-9-15-18;3*1-2;;;/h1-15H;3*1H2;;1H2;/q;;;;+1;;/p-1. The van der Waals surface area contributed by atoms with E-state index in [1.165, 1.54) is 15.9 Å². The van der Waals surface area contributed by atoms with Crippen molar-refractivity contribution in [1.82, 2.24) is 0 Å². The fourth-order valence-electron chi connectivity index (χ4n) is 2.18. The number of rotatable bonds is 3. The molecule has 7 heteroatoms. The van der Waals surface area contributed by atoms with Gasteiger partial charge in [-0.1, -0.05) is 91.0 Å². The van der Waals surface area contributed by atoms with Crippen molar-refractivity contribution in [3.05, 3.63) is 91.0 Å². The first-order chi connectivity index (χ1) is 13.9. The summed E-state index contributed by atoms with van der Waals surface area (Å²) in [5, 5.41) is 4.19. The number of benzene rings is 3. The van der Waals surface area contributed by atoms with Crippen LogP contribution in [0.25, 0.3) is 0 Å². The average molecular weight is 444 g/mol. The molecule has 0 aliphatic rings. The minimum Gasteiger partial charge on any atom is -0.0622 e. The molecule has 150 valence electrons. The van der Waals surface area contributed by atoms with Crippen molar-refractivity contribution in [3.63, 3.8) is 0 Å². The molecule has 3 rings (SSSR count). The van der Waals surface area contributed by atoms with E-state index in [2.05, 4.69) is 91.0 Å². The number of hydrogen-bond acceptors (Lipinski definition) is 4. The van der Waals surface area contributed by atoms with E-state index < -0.39 is 22.9 Å². The zero-order valence-corrected chi connectivity index (χ0v) is 17.1. The van der Waals surface area contributed by atoms with Crippen LogP contribution in [0.15, 0.2) is 91.0 Å². The molecule has 0 radical (unpaired) electrons. The van der Waals surface area contributed by atoms with Gasteiger partial charge in [-0.05, 0) is 23.8 Å². The van der Waals surface area contributed by atoms with Crippen LogP contribution < -0.4 is 15.9 Å². The van der Waals surface area contributed by atoms with Crippen LogP contribution in [-0.2, 0) is 33.2 Å². The third kappa shape index (κ3) is 10.5. The molecule has 0 bridgehead atoms. The summed E-state index contributed by atoms with van der Waals surface area (Å²) in [5.74, 6) is 0. The molecule has 0 spiro atoms. The van der Waals surface area contributed by atoms with E-state index in [1.54, 1.807) is 0 Å². The maximum Gasteiger partial charge on any atom is -0.0134 e. The van der Waals surface area contributed by atoms with Crippen LogP contribution in [0.3, 0.4) is 0 Å². The van der Waals surface area contributed by atoms with Gasteiger partial charge in [0.1, 0.15) is 20.4 Å². The van der Waals surface area contributed by atoms with Gasteiger partial charge in [0, 0.05) is 0 Å². The molecular formula is C21H22CoO5P. The van der Waals surface area contributed by atoms with Gasteiger partial charge in [-0.25, -0.2) is 0 Å². The molecule has 28 heavy (non-hydrogen) atoms. The Morgan fingerprint density at radius 1 is 0.536 bits per heavy atom. The minimum atomic E-state index is -0.812. The van der Waals surface area contributed by atoms with Crippen molar-refractivity contribution in [3.8, 4) is 0 Å². The van der Waals surface area contributed by atoms with E-state index in [4.69, 9.17) is 22.5 Å². The summed E-state index contributed by atoms with van der Waals surface area (Å²) in [5.41, 5.74) is 0. The van der Waals surface area contributed by atoms with Crippen molar-refractivity contribution in [2.45, 2.75) is 0 Å². The Hall–Kier alpha value is -2.63. The molecule has 3 aromatic carbocycles. The Balaban J connectivity index is 0. The molecule has 0 atom stereocenters. The van der Waals surface area contributed by atoms with E-state index in [1.807, 2.05) is 20.4 Å². The van der Waals surface area contributed by atoms with Gasteiger partial charge in [0.2, 0.25) is 0 Å². The first-order valence-corrected chi connectivity index (χ1v) is 9.79. The van der Waals surface area contributed by atoms with Crippen LogP contribution in [0.5, 0.6) is 0 Å². The van der Waals surface area contributed by atoms with E-state index >= 15 is 0 Å². The summed E-state index contributed by atoms with van der Waals surface area (Å²) >= 11 is -0.812. The number of carbonyl (C=O) groups is 3. The topological polar surface area (TPSA) is 88.5 Å². The van der Waals surface area contributed by atoms with Crippen LogP contribution >= 0.6 is 7.92 Å². The summed E-state index contributed by atoms with van der Waals surface area (Å²) in [6, 6.07) is 32.3. The van der Waals surface area contributed by atoms with Gasteiger partial charge in [0.05, 0.1) is 0 Å². The first-order valence-electron chi connectivity index (χ1n) is 7.55. The van der Waals surface area contributed by atoms with Crippen molar-refractivity contribution in [1.29, 1.82) is 0 Å². The Kier molecular flexibility index (Phi) is 20.4. The second kappa shape index (κ2) is 20.7. The minimum absolute atomic E-state index is 0.446. The molecule has 0 heterocycles. The van der Waals surface area contributed by atoms with E-state index in [0.717, 1.165) is 0 Å². The van der Waals surface area contributed by atoms with Gasteiger partial charge in [-0.2, -0.15) is 0 Å². The third-order valence-corrected chi connectivity index (χ3v) is 5.49. The molecule has 0 saturated heterocycles. The van der Waals surface area contributed by atoms with Gasteiger partial charge in [0.25, 0.3) is 0 Å². The molecule has 0 aliphatic carbocycles. The van der Waals surface area contributed by atoms with Crippen LogP contribution in [0.4, 0.5) is 0 Å². The summed E-state index contributed by atoms with van der Waals surface area (Å²) in [6.45, 7) is 6.00. The van der Waals surface area contributed by atoms with Crippen LogP contribution in [0, 0.1) is 0 Å². The molecule has 0 amide bonds. The average Bonchev–Trinajstić information content (AvgIpc) is 2.81. The molecule has 0 aliphatic heterocycles. The van der Waals surface area contributed by atoms with Crippen LogP contribution in [0.1, 0.15) is 0 Å². The van der Waals surface area contributed by atoms with Gasteiger partial charge in [0.15, 0.2) is 0 Å². The smallest absolute Gasteiger partial charge is 0.0134 e. The molecule has 0 saturated carbocycles. The van der Waals surface area contributed by atoms with E-state index in [-0.39, 0.29) is 0 Å². The first kappa shape index (κ1) is 27.6. The molecular weight excluding hydrogens is 422 g/mol. The SMILES string of the molecule is C=O.C=O.C=O.[O]=[Co][OH].c1ccc(P(c2ccccc2)c2ccccc2)cc1. The van der Waals surface area contributed by atoms with Gasteiger partial charge >= 0.3 is 23.0 Å². The summed E-state index contributed by atoms with van der Waals surface area (Å²) in [7, 11) is -0.446. The Morgan fingerprint density at radius 3 is 0.893 bits per heavy atom. The summed E-state index contributed by atoms with van der Waals surface area (Å²) < 4.78 is 15.4. The predicted molar refractivity (Wildman–Crippen MR) is 109 cm³/mol. The van der Waals surface area contributed by atoms with Crippen molar-refractivity contribution >= 4 is 44.2 Å². The maximum atomic E-state index is 8.45. The molecule has 3 aromatic rings. The normalized spacial score (nSPS) is 8.36. The Bertz CT molecular complexity index is 631. The summed E-state index contributed by atoms with van der Waals surface area (Å²) in [6.07, 6.45) is 0. The molecule has 0 aromatic heterocycles. The number of hydrogen-bond donors (Lipinski definition) is 1. The zero-order chi connectivity index (χ0) is 21.6. The molecule has 0 fully saturated rings. The van der Waals surface area contributed by atoms with Gasteiger partial charge in [-0.3, -0.25) is 0 Å². The van der Waals surface area contributed by atoms with Crippen LogP contribution in [0.2, 0.25) is 0 Å². The van der Waals surface area contributed by atoms with Crippen LogP contribution in [-0.4, -0.2) is 24.6 Å². The fourth-order valence-corrected chi connectivity index (χ4v) is 4.48. The molecule has 0 unspecified atom stereocenters. The molecule has 5 nitrogen and oxygen atoms in total. The fraction of sp³-hybridized carbons (Fsp3) is 0. The van der Waals surface area contributed by atoms with Crippen molar-refractivity contribution < 1.29 is 37.4 Å². The van der Waals surface area contributed by atoms with E-state index in [9.17, 15) is 0 Å². The van der Waals surface area contributed by atoms with Gasteiger partial charge < -0.3 is 14.4 Å². The number of carbonyl (C=O) groups excluding carboxylic acids is 3. The second-order valence-corrected chi connectivity index (χ2v) is 6.81. The Labute approximate surface area is 172 Å². The molecule has 1 N–H and O–H groups in total. The largest absolute Gasteiger partial charge is 0.0622 e. The third-order valence-electron chi connectivity index (χ3n) is 3.04. The predicted octanol–water partition coefficient (Wildman–Crippen LogP) is 2.21. The Morgan fingerprint density at radius 2 is 0.714 bits per heavy atom. The maximum absolute atomic E-state index is 8.45.